The lowest BCUT2D eigenvalue weighted by atomic mass is 10.2. The number of aromatic nitrogens is 4. The molecule has 0 bridgehead atoms. The number of rotatable bonds is 3. The van der Waals surface area contributed by atoms with Crippen LogP contribution < -0.4 is 5.56 Å². The summed E-state index contributed by atoms with van der Waals surface area (Å²) >= 11 is 16.0. The highest BCUT2D eigenvalue weighted by Gasteiger charge is 2.20. The Labute approximate surface area is 195 Å². The summed E-state index contributed by atoms with van der Waals surface area (Å²) in [6.45, 7) is 0. The minimum Gasteiger partial charge on any atom is -0.293 e. The smallest absolute Gasteiger partial charge is 0.285 e. The van der Waals surface area contributed by atoms with E-state index in [9.17, 15) is 4.79 Å². The third-order valence-corrected chi connectivity index (χ3v) is 5.93. The summed E-state index contributed by atoms with van der Waals surface area (Å²) in [6.07, 6.45) is 1.60. The van der Waals surface area contributed by atoms with Gasteiger partial charge in [0.2, 0.25) is 0 Å². The first kappa shape index (κ1) is 20.0. The molecule has 5 rings (SSSR count). The number of hydrogen-bond donors (Lipinski definition) is 0. The molecule has 0 spiro atoms. The van der Waals surface area contributed by atoms with Crippen LogP contribution in [0.3, 0.4) is 0 Å². The molecule has 5 nitrogen and oxygen atoms in total. The van der Waals surface area contributed by atoms with E-state index in [0.717, 1.165) is 15.7 Å². The van der Waals surface area contributed by atoms with Crippen LogP contribution in [0.25, 0.3) is 33.9 Å². The summed E-state index contributed by atoms with van der Waals surface area (Å²) in [5.74, 6) is 0.438. The van der Waals surface area contributed by atoms with Crippen LogP contribution in [0, 0.1) is 0 Å². The second kappa shape index (κ2) is 7.96. The Morgan fingerprint density at radius 3 is 2.35 bits per heavy atom. The molecule has 0 fully saturated rings. The highest BCUT2D eigenvalue weighted by molar-refractivity contribution is 9.10. The number of para-hydroxylation sites is 1. The summed E-state index contributed by atoms with van der Waals surface area (Å²) < 4.78 is 4.16. The first-order chi connectivity index (χ1) is 15.0. The predicted molar refractivity (Wildman–Crippen MR) is 128 cm³/mol. The maximum atomic E-state index is 13.8. The second-order valence-corrected chi connectivity index (χ2v) is 8.56. The molecule has 0 saturated carbocycles. The topological polar surface area (TPSA) is 52.7 Å². The van der Waals surface area contributed by atoms with Crippen molar-refractivity contribution in [2.24, 2.45) is 0 Å². The molecule has 31 heavy (non-hydrogen) atoms. The predicted octanol–water partition coefficient (Wildman–Crippen LogP) is 6.31. The molecule has 0 atom stereocenters. The summed E-state index contributed by atoms with van der Waals surface area (Å²) in [6, 6.07) is 22.1. The Morgan fingerprint density at radius 1 is 0.903 bits per heavy atom. The zero-order valence-electron chi connectivity index (χ0n) is 15.8. The van der Waals surface area contributed by atoms with Crippen molar-refractivity contribution in [2.45, 2.75) is 0 Å². The highest BCUT2D eigenvalue weighted by Crippen LogP contribution is 2.29. The molecular weight excluding hydrogens is 499 g/mol. The van der Waals surface area contributed by atoms with E-state index in [4.69, 9.17) is 28.2 Å². The number of hydrogen-bond acceptors (Lipinski definition) is 3. The van der Waals surface area contributed by atoms with E-state index in [1.807, 2.05) is 54.6 Å². The quantitative estimate of drug-likeness (QED) is 0.285. The summed E-state index contributed by atoms with van der Waals surface area (Å²) in [5.41, 5.74) is 2.49. The third-order valence-electron chi connectivity index (χ3n) is 4.86. The summed E-state index contributed by atoms with van der Waals surface area (Å²) in [4.78, 5) is 23.0. The maximum absolute atomic E-state index is 13.8. The van der Waals surface area contributed by atoms with Crippen molar-refractivity contribution in [3.8, 4) is 22.8 Å². The Hall–Kier alpha value is -2.93. The molecule has 8 heteroatoms. The van der Waals surface area contributed by atoms with Gasteiger partial charge in [0.05, 0.1) is 10.7 Å². The molecule has 0 N–H and O–H groups in total. The van der Waals surface area contributed by atoms with Gasteiger partial charge in [0.25, 0.3) is 5.56 Å². The van der Waals surface area contributed by atoms with Gasteiger partial charge in [0, 0.05) is 20.7 Å². The van der Waals surface area contributed by atoms with Crippen LogP contribution in [-0.2, 0) is 0 Å². The molecule has 2 aromatic heterocycles. The Morgan fingerprint density at radius 2 is 1.65 bits per heavy atom. The zero-order chi connectivity index (χ0) is 21.5. The van der Waals surface area contributed by atoms with Gasteiger partial charge in [-0.1, -0.05) is 69.5 Å². The van der Waals surface area contributed by atoms with Crippen molar-refractivity contribution >= 4 is 50.3 Å². The second-order valence-electron chi connectivity index (χ2n) is 6.80. The van der Waals surface area contributed by atoms with Gasteiger partial charge in [-0.3, -0.25) is 13.9 Å². The average Bonchev–Trinajstić information content (AvgIpc) is 3.20. The Bertz CT molecular complexity index is 1480. The van der Waals surface area contributed by atoms with Crippen LogP contribution in [0.15, 0.2) is 88.4 Å². The van der Waals surface area contributed by atoms with Crippen molar-refractivity contribution in [1.82, 2.24) is 19.1 Å². The van der Waals surface area contributed by atoms with Gasteiger partial charge in [-0.2, -0.15) is 0 Å². The van der Waals surface area contributed by atoms with Gasteiger partial charge in [-0.25, -0.2) is 9.97 Å². The molecule has 0 aliphatic rings. The van der Waals surface area contributed by atoms with Crippen molar-refractivity contribution in [2.75, 3.05) is 0 Å². The monoisotopic (exact) mass is 510 g/mol. The van der Waals surface area contributed by atoms with Crippen molar-refractivity contribution < 1.29 is 0 Å². The van der Waals surface area contributed by atoms with Crippen LogP contribution >= 0.6 is 39.1 Å². The van der Waals surface area contributed by atoms with Crippen molar-refractivity contribution in [1.29, 1.82) is 0 Å². The van der Waals surface area contributed by atoms with Crippen LogP contribution in [0.2, 0.25) is 10.0 Å². The molecule has 0 radical (unpaired) electrons. The fraction of sp³-hybridized carbons (Fsp3) is 0. The third kappa shape index (κ3) is 3.57. The first-order valence-electron chi connectivity index (χ1n) is 9.30. The lowest BCUT2D eigenvalue weighted by molar-refractivity contribution is 0.959. The Kier molecular flexibility index (Phi) is 5.14. The summed E-state index contributed by atoms with van der Waals surface area (Å²) in [7, 11) is 0. The van der Waals surface area contributed by atoms with E-state index in [2.05, 4.69) is 20.9 Å². The van der Waals surface area contributed by atoms with E-state index < -0.39 is 0 Å². The van der Waals surface area contributed by atoms with Crippen LogP contribution in [0.1, 0.15) is 0 Å². The summed E-state index contributed by atoms with van der Waals surface area (Å²) in [5, 5.41) is 0.829. The average molecular weight is 512 g/mol. The van der Waals surface area contributed by atoms with Crippen molar-refractivity contribution in [3.63, 3.8) is 0 Å². The molecule has 0 aliphatic carbocycles. The van der Waals surface area contributed by atoms with E-state index >= 15 is 0 Å². The Balaban J connectivity index is 1.88. The number of imidazole rings is 1. The van der Waals surface area contributed by atoms with E-state index in [-0.39, 0.29) is 5.56 Å². The normalized spacial score (nSPS) is 11.2. The standard InChI is InChI=1S/C23H13BrCl2N4O/c24-15-8-6-14(7-9-15)22-28-21-20(29(13-27-21)17-4-2-1-3-5-17)23(31)30(22)19-11-10-16(25)12-18(19)26/h1-13H. The number of benzene rings is 3. The molecular formula is C23H13BrCl2N4O. The minimum absolute atomic E-state index is 0.284. The molecule has 2 heterocycles. The van der Waals surface area contributed by atoms with Crippen LogP contribution in [0.4, 0.5) is 0 Å². The molecule has 0 unspecified atom stereocenters. The van der Waals surface area contributed by atoms with Gasteiger partial charge in [0.1, 0.15) is 12.2 Å². The largest absolute Gasteiger partial charge is 0.293 e. The molecule has 5 aromatic rings. The van der Waals surface area contributed by atoms with Gasteiger partial charge in [0.15, 0.2) is 11.2 Å². The first-order valence-corrected chi connectivity index (χ1v) is 10.8. The van der Waals surface area contributed by atoms with E-state index in [1.54, 1.807) is 29.1 Å². The van der Waals surface area contributed by atoms with Gasteiger partial charge in [-0.15, -0.1) is 0 Å². The number of fused-ring (bicyclic) bond motifs is 1. The molecule has 0 saturated heterocycles. The van der Waals surface area contributed by atoms with E-state index in [1.165, 1.54) is 4.57 Å². The lowest BCUT2D eigenvalue weighted by Crippen LogP contribution is -2.23. The highest BCUT2D eigenvalue weighted by atomic mass is 79.9. The lowest BCUT2D eigenvalue weighted by Gasteiger charge is -2.15. The van der Waals surface area contributed by atoms with Gasteiger partial charge < -0.3 is 0 Å². The fourth-order valence-electron chi connectivity index (χ4n) is 3.44. The zero-order valence-corrected chi connectivity index (χ0v) is 18.9. The fourth-order valence-corrected chi connectivity index (χ4v) is 4.19. The van der Waals surface area contributed by atoms with E-state index in [0.29, 0.717) is 32.7 Å². The van der Waals surface area contributed by atoms with Crippen LogP contribution in [-0.4, -0.2) is 19.1 Å². The van der Waals surface area contributed by atoms with Crippen LogP contribution in [0.5, 0.6) is 0 Å². The van der Waals surface area contributed by atoms with Gasteiger partial charge >= 0.3 is 0 Å². The molecule has 3 aromatic carbocycles. The minimum atomic E-state index is -0.284. The molecule has 0 aliphatic heterocycles. The molecule has 0 amide bonds. The SMILES string of the molecule is O=c1c2c(ncn2-c2ccccc2)nc(-c2ccc(Br)cc2)n1-c1ccc(Cl)cc1Cl. The number of nitrogens with zero attached hydrogens (tertiary/aromatic N) is 4. The molecule has 152 valence electrons. The van der Waals surface area contributed by atoms with Crippen molar-refractivity contribution in [3.05, 3.63) is 104 Å². The maximum Gasteiger partial charge on any atom is 0.285 e. The number of halogens is 3. The van der Waals surface area contributed by atoms with Gasteiger partial charge in [-0.05, 0) is 42.5 Å².